The quantitative estimate of drug-likeness (QED) is 0.742. The number of hydrogen-bond acceptors (Lipinski definition) is 5. The minimum absolute atomic E-state index is 0.00523. The second kappa shape index (κ2) is 5.42. The Bertz CT molecular complexity index is 520. The topological polar surface area (TPSA) is 64.4 Å². The number of anilines is 1. The van der Waals surface area contributed by atoms with Crippen molar-refractivity contribution in [3.05, 3.63) is 22.7 Å². The molecule has 0 spiro atoms. The summed E-state index contributed by atoms with van der Waals surface area (Å²) in [7, 11) is 1.34. The van der Waals surface area contributed by atoms with Crippen molar-refractivity contribution in [1.82, 2.24) is 9.55 Å². The number of ether oxygens (including phenoxy) is 1. The highest BCUT2D eigenvalue weighted by Crippen LogP contribution is 2.33. The molecule has 1 aliphatic carbocycles. The van der Waals surface area contributed by atoms with E-state index < -0.39 is 0 Å². The zero-order chi connectivity index (χ0) is 14.0. The molecule has 1 aliphatic rings. The van der Waals surface area contributed by atoms with Crippen LogP contribution in [-0.2, 0) is 9.53 Å². The normalized spacial score (nSPS) is 14.5. The monoisotopic (exact) mass is 265 g/mol. The van der Waals surface area contributed by atoms with Gasteiger partial charge in [0.15, 0.2) is 5.82 Å². The van der Waals surface area contributed by atoms with Crippen molar-refractivity contribution >= 4 is 11.8 Å². The smallest absolute Gasteiger partial charge is 0.325 e. The van der Waals surface area contributed by atoms with Gasteiger partial charge in [-0.25, -0.2) is 4.98 Å². The Balaban J connectivity index is 2.33. The Morgan fingerprint density at radius 1 is 1.58 bits per heavy atom. The van der Waals surface area contributed by atoms with Crippen LogP contribution in [0.3, 0.4) is 0 Å². The van der Waals surface area contributed by atoms with Crippen molar-refractivity contribution < 1.29 is 9.53 Å². The largest absolute Gasteiger partial charge is 0.468 e. The molecule has 0 unspecified atom stereocenters. The Morgan fingerprint density at radius 2 is 2.26 bits per heavy atom. The molecular weight excluding hydrogens is 246 g/mol. The lowest BCUT2D eigenvalue weighted by Crippen LogP contribution is -2.41. The van der Waals surface area contributed by atoms with Gasteiger partial charge in [0.1, 0.15) is 6.54 Å². The SMILES string of the molecule is COC(=O)CN(c1nccn(C2CC2)c1=O)C(C)C. The van der Waals surface area contributed by atoms with Gasteiger partial charge >= 0.3 is 5.97 Å². The van der Waals surface area contributed by atoms with E-state index in [1.165, 1.54) is 7.11 Å². The standard InChI is InChI=1S/C13H19N3O3/c1-9(2)16(8-11(17)19-3)12-13(18)15(7-6-14-12)10-4-5-10/h6-7,9-10H,4-5,8H2,1-3H3. The summed E-state index contributed by atoms with van der Waals surface area (Å²) < 4.78 is 6.37. The van der Waals surface area contributed by atoms with Crippen LogP contribution < -0.4 is 10.5 Å². The lowest BCUT2D eigenvalue weighted by atomic mass is 10.3. The molecule has 1 aromatic heterocycles. The van der Waals surface area contributed by atoms with E-state index in [4.69, 9.17) is 0 Å². The first-order valence-electron chi connectivity index (χ1n) is 6.45. The van der Waals surface area contributed by atoms with Crippen molar-refractivity contribution in [3.8, 4) is 0 Å². The van der Waals surface area contributed by atoms with E-state index in [1.807, 2.05) is 13.8 Å². The van der Waals surface area contributed by atoms with Gasteiger partial charge in [0.2, 0.25) is 0 Å². The van der Waals surface area contributed by atoms with E-state index in [9.17, 15) is 9.59 Å². The summed E-state index contributed by atoms with van der Waals surface area (Å²) in [5.41, 5.74) is -0.136. The van der Waals surface area contributed by atoms with Gasteiger partial charge in [0.05, 0.1) is 7.11 Å². The van der Waals surface area contributed by atoms with Gasteiger partial charge < -0.3 is 14.2 Å². The molecule has 0 amide bonds. The Labute approximate surface area is 112 Å². The molecule has 0 radical (unpaired) electrons. The summed E-state index contributed by atoms with van der Waals surface area (Å²) in [6, 6.07) is 0.288. The van der Waals surface area contributed by atoms with Crippen molar-refractivity contribution in [1.29, 1.82) is 0 Å². The van der Waals surface area contributed by atoms with Crippen LogP contribution in [0.2, 0.25) is 0 Å². The van der Waals surface area contributed by atoms with Crippen molar-refractivity contribution in [2.24, 2.45) is 0 Å². The molecule has 2 rings (SSSR count). The third kappa shape index (κ3) is 2.94. The maximum absolute atomic E-state index is 12.4. The van der Waals surface area contributed by atoms with Crippen LogP contribution >= 0.6 is 0 Å². The second-order valence-electron chi connectivity index (χ2n) is 4.99. The van der Waals surface area contributed by atoms with E-state index in [0.29, 0.717) is 11.9 Å². The highest BCUT2D eigenvalue weighted by Gasteiger charge is 2.27. The summed E-state index contributed by atoms with van der Waals surface area (Å²) in [5.74, 6) is -0.0634. The molecule has 0 aromatic carbocycles. The zero-order valence-corrected chi connectivity index (χ0v) is 11.5. The van der Waals surface area contributed by atoms with Crippen LogP contribution in [-0.4, -0.2) is 35.2 Å². The second-order valence-corrected chi connectivity index (χ2v) is 4.99. The predicted octanol–water partition coefficient (Wildman–Crippen LogP) is 0.966. The van der Waals surface area contributed by atoms with E-state index in [0.717, 1.165) is 12.8 Å². The minimum atomic E-state index is -0.378. The van der Waals surface area contributed by atoms with Gasteiger partial charge in [-0.1, -0.05) is 0 Å². The first kappa shape index (κ1) is 13.6. The number of aromatic nitrogens is 2. The lowest BCUT2D eigenvalue weighted by Gasteiger charge is -2.26. The summed E-state index contributed by atoms with van der Waals surface area (Å²) in [5, 5.41) is 0. The predicted molar refractivity (Wildman–Crippen MR) is 71.3 cm³/mol. The van der Waals surface area contributed by atoms with Crippen LogP contribution in [0.25, 0.3) is 0 Å². The number of carbonyl (C=O) groups excluding carboxylic acids is 1. The van der Waals surface area contributed by atoms with Gasteiger partial charge in [-0.05, 0) is 26.7 Å². The van der Waals surface area contributed by atoms with Crippen molar-refractivity contribution in [2.75, 3.05) is 18.6 Å². The highest BCUT2D eigenvalue weighted by atomic mass is 16.5. The number of methoxy groups -OCH3 is 1. The molecule has 0 aliphatic heterocycles. The van der Waals surface area contributed by atoms with Crippen LogP contribution in [0.15, 0.2) is 17.2 Å². The third-order valence-electron chi connectivity index (χ3n) is 3.21. The summed E-state index contributed by atoms with van der Waals surface area (Å²) in [4.78, 5) is 29.6. The van der Waals surface area contributed by atoms with Gasteiger partial charge in [0.25, 0.3) is 5.56 Å². The number of esters is 1. The van der Waals surface area contributed by atoms with Crippen LogP contribution in [0.1, 0.15) is 32.7 Å². The molecule has 19 heavy (non-hydrogen) atoms. The number of hydrogen-bond donors (Lipinski definition) is 0. The molecule has 0 N–H and O–H groups in total. The van der Waals surface area contributed by atoms with E-state index in [2.05, 4.69) is 9.72 Å². The maximum Gasteiger partial charge on any atom is 0.325 e. The molecule has 1 fully saturated rings. The van der Waals surface area contributed by atoms with Crippen molar-refractivity contribution in [2.45, 2.75) is 38.8 Å². The first-order valence-corrected chi connectivity index (χ1v) is 6.45. The summed E-state index contributed by atoms with van der Waals surface area (Å²) in [6.45, 7) is 3.86. The minimum Gasteiger partial charge on any atom is -0.468 e. The molecule has 1 heterocycles. The number of nitrogens with zero attached hydrogens (tertiary/aromatic N) is 3. The fourth-order valence-corrected chi connectivity index (χ4v) is 1.96. The molecule has 0 atom stereocenters. The lowest BCUT2D eigenvalue weighted by molar-refractivity contribution is -0.139. The van der Waals surface area contributed by atoms with Gasteiger partial charge in [0, 0.05) is 24.5 Å². The number of carbonyl (C=O) groups is 1. The molecular formula is C13H19N3O3. The Kier molecular flexibility index (Phi) is 3.87. The zero-order valence-electron chi connectivity index (χ0n) is 11.5. The first-order chi connectivity index (χ1) is 9.04. The molecule has 104 valence electrons. The Hall–Kier alpha value is -1.85. The molecule has 0 bridgehead atoms. The molecule has 1 aromatic rings. The number of rotatable bonds is 5. The van der Waals surface area contributed by atoms with Gasteiger partial charge in [-0.2, -0.15) is 0 Å². The van der Waals surface area contributed by atoms with Crippen LogP contribution in [0.4, 0.5) is 5.82 Å². The Morgan fingerprint density at radius 3 is 2.79 bits per heavy atom. The molecule has 6 nitrogen and oxygen atoms in total. The third-order valence-corrected chi connectivity index (χ3v) is 3.21. The fourth-order valence-electron chi connectivity index (χ4n) is 1.96. The van der Waals surface area contributed by atoms with E-state index in [1.54, 1.807) is 21.9 Å². The highest BCUT2D eigenvalue weighted by molar-refractivity contribution is 5.75. The van der Waals surface area contributed by atoms with E-state index in [-0.39, 0.29) is 24.1 Å². The summed E-state index contributed by atoms with van der Waals surface area (Å²) >= 11 is 0. The average Bonchev–Trinajstić information content (AvgIpc) is 3.20. The van der Waals surface area contributed by atoms with E-state index >= 15 is 0 Å². The molecule has 6 heteroatoms. The van der Waals surface area contributed by atoms with Gasteiger partial charge in [-0.3, -0.25) is 9.59 Å². The summed E-state index contributed by atoms with van der Waals surface area (Å²) in [6.07, 6.45) is 5.38. The van der Waals surface area contributed by atoms with Crippen molar-refractivity contribution in [3.63, 3.8) is 0 Å². The average molecular weight is 265 g/mol. The molecule has 1 saturated carbocycles. The fraction of sp³-hybridized carbons (Fsp3) is 0.615. The van der Waals surface area contributed by atoms with Crippen LogP contribution in [0.5, 0.6) is 0 Å². The maximum atomic E-state index is 12.4. The van der Waals surface area contributed by atoms with Crippen LogP contribution in [0, 0.1) is 0 Å². The van der Waals surface area contributed by atoms with Gasteiger partial charge in [-0.15, -0.1) is 0 Å². The molecule has 0 saturated heterocycles.